The summed E-state index contributed by atoms with van der Waals surface area (Å²) in [6.07, 6.45) is 3.25. The van der Waals surface area contributed by atoms with E-state index in [9.17, 15) is 8.42 Å². The number of rotatable bonds is 4. The summed E-state index contributed by atoms with van der Waals surface area (Å²) in [6.45, 7) is 8.50. The minimum Gasteiger partial charge on any atom is -0.207 e. The Bertz CT molecular complexity index is 575. The summed E-state index contributed by atoms with van der Waals surface area (Å²) in [5.74, 6) is 1.52. The normalized spacial score (nSPS) is 27.2. The fourth-order valence-electron chi connectivity index (χ4n) is 3.16. The highest BCUT2D eigenvalue weighted by Crippen LogP contribution is 2.35. The third kappa shape index (κ3) is 4.09. The molecular formula is C15H24BrNO2S2. The molecule has 3 atom stereocenters. The zero-order chi connectivity index (χ0) is 15.8. The van der Waals surface area contributed by atoms with E-state index >= 15 is 0 Å². The molecule has 1 N–H and O–H groups in total. The first-order chi connectivity index (χ1) is 9.70. The van der Waals surface area contributed by atoms with Gasteiger partial charge in [-0.25, -0.2) is 13.1 Å². The Kier molecular flexibility index (Phi) is 5.55. The highest BCUT2D eigenvalue weighted by Gasteiger charge is 2.34. The summed E-state index contributed by atoms with van der Waals surface area (Å²) in [4.78, 5) is 0. The van der Waals surface area contributed by atoms with Crippen LogP contribution in [0, 0.1) is 24.7 Å². The van der Waals surface area contributed by atoms with E-state index in [2.05, 4.69) is 41.4 Å². The number of aryl methyl sites for hydroxylation is 1. The van der Waals surface area contributed by atoms with Gasteiger partial charge in [0.15, 0.2) is 0 Å². The molecule has 0 bridgehead atoms. The predicted octanol–water partition coefficient (Wildman–Crippen LogP) is 4.56. The number of hydrogen-bond donors (Lipinski definition) is 1. The van der Waals surface area contributed by atoms with E-state index < -0.39 is 10.0 Å². The van der Waals surface area contributed by atoms with Gasteiger partial charge in [-0.05, 0) is 65.1 Å². The van der Waals surface area contributed by atoms with Crippen LogP contribution in [0.5, 0.6) is 0 Å². The van der Waals surface area contributed by atoms with Crippen LogP contribution in [-0.4, -0.2) is 14.5 Å². The number of sulfonamides is 1. The zero-order valence-electron chi connectivity index (χ0n) is 13.0. The van der Waals surface area contributed by atoms with Crippen molar-refractivity contribution < 1.29 is 8.42 Å². The summed E-state index contributed by atoms with van der Waals surface area (Å²) in [6, 6.07) is 1.80. The average Bonchev–Trinajstić information content (AvgIpc) is 2.69. The van der Waals surface area contributed by atoms with E-state index in [1.165, 1.54) is 17.8 Å². The molecule has 0 amide bonds. The predicted molar refractivity (Wildman–Crippen MR) is 92.2 cm³/mol. The maximum Gasteiger partial charge on any atom is 0.250 e. The first kappa shape index (κ1) is 17.4. The van der Waals surface area contributed by atoms with Crippen LogP contribution in [0.3, 0.4) is 0 Å². The summed E-state index contributed by atoms with van der Waals surface area (Å²) < 4.78 is 29.5. The van der Waals surface area contributed by atoms with Gasteiger partial charge in [-0.1, -0.05) is 27.2 Å². The first-order valence-electron chi connectivity index (χ1n) is 7.49. The van der Waals surface area contributed by atoms with Crippen LogP contribution in [0.1, 0.15) is 45.6 Å². The Morgan fingerprint density at radius 2 is 2.05 bits per heavy atom. The van der Waals surface area contributed by atoms with Crippen LogP contribution >= 0.6 is 27.3 Å². The lowest BCUT2D eigenvalue weighted by Gasteiger charge is -2.37. The van der Waals surface area contributed by atoms with Crippen molar-refractivity contribution in [2.75, 3.05) is 0 Å². The van der Waals surface area contributed by atoms with Crippen molar-refractivity contribution in [1.82, 2.24) is 4.72 Å². The van der Waals surface area contributed by atoms with Gasteiger partial charge >= 0.3 is 0 Å². The molecule has 0 aromatic carbocycles. The van der Waals surface area contributed by atoms with Crippen molar-refractivity contribution in [3.63, 3.8) is 0 Å². The summed E-state index contributed by atoms with van der Waals surface area (Å²) in [5, 5.41) is 0. The van der Waals surface area contributed by atoms with Crippen LogP contribution < -0.4 is 4.72 Å². The quantitative estimate of drug-likeness (QED) is 0.814. The summed E-state index contributed by atoms with van der Waals surface area (Å²) in [5.41, 5.74) is 0.970. The van der Waals surface area contributed by atoms with E-state index in [-0.39, 0.29) is 6.04 Å². The molecule has 21 heavy (non-hydrogen) atoms. The average molecular weight is 394 g/mol. The van der Waals surface area contributed by atoms with Crippen molar-refractivity contribution in [2.24, 2.45) is 17.8 Å². The molecule has 0 spiro atoms. The SMILES string of the molecule is Cc1cc(S(=O)(=O)NC2CC(C)CCC2C(C)C)sc1Br. The van der Waals surface area contributed by atoms with Gasteiger partial charge in [-0.15, -0.1) is 11.3 Å². The van der Waals surface area contributed by atoms with Crippen molar-refractivity contribution in [3.8, 4) is 0 Å². The fraction of sp³-hybridized carbons (Fsp3) is 0.733. The number of thiophene rings is 1. The molecule has 1 heterocycles. The van der Waals surface area contributed by atoms with E-state index in [1.807, 2.05) is 6.92 Å². The molecule has 6 heteroatoms. The van der Waals surface area contributed by atoms with Crippen molar-refractivity contribution in [3.05, 3.63) is 15.4 Å². The molecule has 1 aliphatic carbocycles. The lowest BCUT2D eigenvalue weighted by atomic mass is 9.74. The monoisotopic (exact) mass is 393 g/mol. The van der Waals surface area contributed by atoms with Gasteiger partial charge in [0.2, 0.25) is 10.0 Å². The fourth-order valence-corrected chi connectivity index (χ4v) is 6.70. The van der Waals surface area contributed by atoms with Gasteiger partial charge < -0.3 is 0 Å². The van der Waals surface area contributed by atoms with Crippen molar-refractivity contribution in [1.29, 1.82) is 0 Å². The molecule has 1 aromatic rings. The van der Waals surface area contributed by atoms with Gasteiger partial charge in [0, 0.05) is 6.04 Å². The van der Waals surface area contributed by atoms with Crippen LogP contribution in [0.4, 0.5) is 0 Å². The molecule has 0 radical (unpaired) electrons. The van der Waals surface area contributed by atoms with Crippen LogP contribution in [-0.2, 0) is 10.0 Å². The second-order valence-electron chi connectivity index (χ2n) is 6.58. The van der Waals surface area contributed by atoms with Gasteiger partial charge in [0.05, 0.1) is 3.79 Å². The summed E-state index contributed by atoms with van der Waals surface area (Å²) >= 11 is 4.69. The molecular weight excluding hydrogens is 370 g/mol. The largest absolute Gasteiger partial charge is 0.250 e. The molecule has 1 aromatic heterocycles. The maximum atomic E-state index is 12.6. The zero-order valence-corrected chi connectivity index (χ0v) is 16.2. The lowest BCUT2D eigenvalue weighted by Crippen LogP contribution is -2.45. The van der Waals surface area contributed by atoms with Crippen LogP contribution in [0.25, 0.3) is 0 Å². The van der Waals surface area contributed by atoms with E-state index in [4.69, 9.17) is 0 Å². The molecule has 1 saturated carbocycles. The lowest BCUT2D eigenvalue weighted by molar-refractivity contribution is 0.188. The highest BCUT2D eigenvalue weighted by molar-refractivity contribution is 9.11. The number of halogens is 1. The Morgan fingerprint density at radius 1 is 1.38 bits per heavy atom. The smallest absolute Gasteiger partial charge is 0.207 e. The number of nitrogens with one attached hydrogen (secondary N) is 1. The molecule has 2 rings (SSSR count). The Labute approximate surface area is 140 Å². The molecule has 0 aliphatic heterocycles. The minimum absolute atomic E-state index is 0.0555. The van der Waals surface area contributed by atoms with E-state index in [0.717, 1.165) is 22.2 Å². The Balaban J connectivity index is 2.21. The van der Waals surface area contributed by atoms with E-state index in [0.29, 0.717) is 22.0 Å². The highest BCUT2D eigenvalue weighted by atomic mass is 79.9. The molecule has 3 nitrogen and oxygen atoms in total. The van der Waals surface area contributed by atoms with Gasteiger partial charge in [0.1, 0.15) is 4.21 Å². The van der Waals surface area contributed by atoms with Gasteiger partial charge in [0.25, 0.3) is 0 Å². The van der Waals surface area contributed by atoms with Gasteiger partial charge in [-0.2, -0.15) is 0 Å². The molecule has 120 valence electrons. The Morgan fingerprint density at radius 3 is 2.57 bits per heavy atom. The van der Waals surface area contributed by atoms with E-state index in [1.54, 1.807) is 6.07 Å². The molecule has 0 saturated heterocycles. The van der Waals surface area contributed by atoms with Gasteiger partial charge in [-0.3, -0.25) is 0 Å². The molecule has 3 unspecified atom stereocenters. The summed E-state index contributed by atoms with van der Waals surface area (Å²) in [7, 11) is -3.41. The first-order valence-corrected chi connectivity index (χ1v) is 10.6. The molecule has 1 aliphatic rings. The second-order valence-corrected chi connectivity index (χ2v) is 10.9. The van der Waals surface area contributed by atoms with Crippen molar-refractivity contribution in [2.45, 2.75) is 57.2 Å². The Hall–Kier alpha value is 0.0900. The number of hydrogen-bond acceptors (Lipinski definition) is 3. The molecule has 1 fully saturated rings. The maximum absolute atomic E-state index is 12.6. The van der Waals surface area contributed by atoms with Crippen molar-refractivity contribution >= 4 is 37.3 Å². The van der Waals surface area contributed by atoms with Crippen LogP contribution in [0.2, 0.25) is 0 Å². The topological polar surface area (TPSA) is 46.2 Å². The minimum atomic E-state index is -3.41. The third-order valence-electron chi connectivity index (χ3n) is 4.43. The second kappa shape index (κ2) is 6.69. The third-order valence-corrected chi connectivity index (χ3v) is 8.53. The standard InChI is InChI=1S/C15H24BrNO2S2/c1-9(2)12-6-5-10(3)7-13(12)17-21(18,19)14-8-11(4)15(16)20-14/h8-10,12-13,17H,5-7H2,1-4H3. The van der Waals surface area contributed by atoms with Crippen LogP contribution in [0.15, 0.2) is 14.1 Å².